The summed E-state index contributed by atoms with van der Waals surface area (Å²) in [7, 11) is -3.48. The maximum absolute atomic E-state index is 13.9. The Bertz CT molecular complexity index is 1090. The molecule has 0 radical (unpaired) electrons. The molecule has 0 atom stereocenters. The summed E-state index contributed by atoms with van der Waals surface area (Å²) in [5.41, 5.74) is 0.838. The average Bonchev–Trinajstić information content (AvgIpc) is 2.72. The molecule has 2 aromatic carbocycles. The van der Waals surface area contributed by atoms with Crippen LogP contribution in [0.2, 0.25) is 0 Å². The molecule has 1 fully saturated rings. The van der Waals surface area contributed by atoms with E-state index in [2.05, 4.69) is 0 Å². The van der Waals surface area contributed by atoms with Crippen molar-refractivity contribution in [3.63, 3.8) is 0 Å². The SMILES string of the molecule is CC(C)Oc1ccc(S(C)(=O)=O)cc1C(=O)N1CCN(c2ccc(C=O)c(F)c2)CC1. The van der Waals surface area contributed by atoms with Gasteiger partial charge in [0.1, 0.15) is 11.6 Å². The topological polar surface area (TPSA) is 84.0 Å². The third kappa shape index (κ3) is 5.22. The predicted octanol–water partition coefficient (Wildman–Crippen LogP) is 2.79. The van der Waals surface area contributed by atoms with Gasteiger partial charge in [0, 0.05) is 38.1 Å². The van der Waals surface area contributed by atoms with Crippen LogP contribution in [-0.4, -0.2) is 64.0 Å². The van der Waals surface area contributed by atoms with Gasteiger partial charge in [0.15, 0.2) is 16.1 Å². The van der Waals surface area contributed by atoms with Crippen LogP contribution < -0.4 is 9.64 Å². The van der Waals surface area contributed by atoms with E-state index in [1.807, 2.05) is 18.7 Å². The zero-order valence-corrected chi connectivity index (χ0v) is 18.5. The lowest BCUT2D eigenvalue weighted by Crippen LogP contribution is -2.49. The van der Waals surface area contributed by atoms with Gasteiger partial charge in [-0.25, -0.2) is 12.8 Å². The molecule has 0 aromatic heterocycles. The average molecular weight is 449 g/mol. The van der Waals surface area contributed by atoms with Crippen molar-refractivity contribution >= 4 is 27.7 Å². The van der Waals surface area contributed by atoms with Gasteiger partial charge < -0.3 is 14.5 Å². The first kappa shape index (κ1) is 22.7. The van der Waals surface area contributed by atoms with Gasteiger partial charge in [0.25, 0.3) is 5.91 Å². The Labute approximate surface area is 181 Å². The molecule has 1 heterocycles. The van der Waals surface area contributed by atoms with Gasteiger partial charge in [0.2, 0.25) is 0 Å². The first-order chi connectivity index (χ1) is 14.6. The summed E-state index contributed by atoms with van der Waals surface area (Å²) in [6, 6.07) is 8.72. The number of hydrogen-bond donors (Lipinski definition) is 0. The van der Waals surface area contributed by atoms with E-state index in [0.717, 1.165) is 6.26 Å². The van der Waals surface area contributed by atoms with Crippen LogP contribution in [-0.2, 0) is 9.84 Å². The second kappa shape index (κ2) is 9.05. The molecule has 0 saturated carbocycles. The number of amides is 1. The Balaban J connectivity index is 1.79. The Morgan fingerprint density at radius 2 is 1.77 bits per heavy atom. The van der Waals surface area contributed by atoms with Crippen LogP contribution in [0.25, 0.3) is 0 Å². The van der Waals surface area contributed by atoms with Gasteiger partial charge in [-0.3, -0.25) is 9.59 Å². The smallest absolute Gasteiger partial charge is 0.257 e. The fourth-order valence-corrected chi connectivity index (χ4v) is 4.06. The van der Waals surface area contributed by atoms with E-state index in [4.69, 9.17) is 4.74 Å². The van der Waals surface area contributed by atoms with Crippen molar-refractivity contribution in [3.8, 4) is 5.75 Å². The second-order valence-electron chi connectivity index (χ2n) is 7.70. The number of piperazine rings is 1. The Morgan fingerprint density at radius 1 is 1.10 bits per heavy atom. The van der Waals surface area contributed by atoms with Crippen LogP contribution in [0.15, 0.2) is 41.3 Å². The first-order valence-electron chi connectivity index (χ1n) is 9.90. The molecule has 0 bridgehead atoms. The van der Waals surface area contributed by atoms with Gasteiger partial charge in [-0.1, -0.05) is 0 Å². The normalized spacial score (nSPS) is 14.6. The van der Waals surface area contributed by atoms with E-state index in [9.17, 15) is 22.4 Å². The molecule has 31 heavy (non-hydrogen) atoms. The summed E-state index contributed by atoms with van der Waals surface area (Å²) in [6.45, 7) is 5.34. The number of carbonyl (C=O) groups excluding carboxylic acids is 2. The summed E-state index contributed by atoms with van der Waals surface area (Å²) < 4.78 is 43.6. The fourth-order valence-electron chi connectivity index (χ4n) is 3.41. The molecule has 2 aromatic rings. The molecule has 0 N–H and O–H groups in total. The molecule has 166 valence electrons. The first-order valence-corrected chi connectivity index (χ1v) is 11.8. The van der Waals surface area contributed by atoms with Crippen molar-refractivity contribution in [1.82, 2.24) is 4.90 Å². The highest BCUT2D eigenvalue weighted by molar-refractivity contribution is 7.90. The molecule has 1 aliphatic heterocycles. The number of hydrogen-bond acceptors (Lipinski definition) is 6. The summed E-state index contributed by atoms with van der Waals surface area (Å²) in [6.07, 6.45) is 1.38. The van der Waals surface area contributed by atoms with Crippen LogP contribution in [0.4, 0.5) is 10.1 Å². The molecule has 7 nitrogen and oxygen atoms in total. The number of aldehydes is 1. The third-order valence-corrected chi connectivity index (χ3v) is 6.13. The predicted molar refractivity (Wildman–Crippen MR) is 115 cm³/mol. The van der Waals surface area contributed by atoms with Crippen molar-refractivity contribution in [2.75, 3.05) is 37.3 Å². The molecule has 1 amide bonds. The van der Waals surface area contributed by atoms with E-state index >= 15 is 0 Å². The minimum absolute atomic E-state index is 0.000930. The molecule has 0 unspecified atom stereocenters. The minimum atomic E-state index is -3.48. The lowest BCUT2D eigenvalue weighted by atomic mass is 10.1. The van der Waals surface area contributed by atoms with Gasteiger partial charge in [-0.05, 0) is 50.2 Å². The maximum Gasteiger partial charge on any atom is 0.257 e. The highest BCUT2D eigenvalue weighted by Gasteiger charge is 2.26. The highest BCUT2D eigenvalue weighted by atomic mass is 32.2. The number of sulfone groups is 1. The Kier molecular flexibility index (Phi) is 6.64. The minimum Gasteiger partial charge on any atom is -0.490 e. The van der Waals surface area contributed by atoms with Crippen LogP contribution in [0.1, 0.15) is 34.6 Å². The van der Waals surface area contributed by atoms with Crippen molar-refractivity contribution in [2.24, 2.45) is 0 Å². The summed E-state index contributed by atoms with van der Waals surface area (Å²) >= 11 is 0. The zero-order valence-electron chi connectivity index (χ0n) is 17.7. The van der Waals surface area contributed by atoms with Crippen molar-refractivity contribution in [1.29, 1.82) is 0 Å². The molecule has 9 heteroatoms. The molecule has 1 aliphatic rings. The van der Waals surface area contributed by atoms with E-state index in [0.29, 0.717) is 43.9 Å². The van der Waals surface area contributed by atoms with Crippen LogP contribution >= 0.6 is 0 Å². The largest absolute Gasteiger partial charge is 0.490 e. The third-order valence-electron chi connectivity index (χ3n) is 5.02. The maximum atomic E-state index is 13.9. The summed E-state index contributed by atoms with van der Waals surface area (Å²) in [4.78, 5) is 27.6. The summed E-state index contributed by atoms with van der Waals surface area (Å²) in [5, 5.41) is 0. The Morgan fingerprint density at radius 3 is 2.32 bits per heavy atom. The van der Waals surface area contributed by atoms with Gasteiger partial charge in [-0.15, -0.1) is 0 Å². The Hall–Kier alpha value is -2.94. The molecule has 0 aliphatic carbocycles. The molecular formula is C22H25FN2O5S. The van der Waals surface area contributed by atoms with Gasteiger partial charge in [-0.2, -0.15) is 0 Å². The number of anilines is 1. The lowest BCUT2D eigenvalue weighted by molar-refractivity contribution is 0.0740. The van der Waals surface area contributed by atoms with E-state index in [1.54, 1.807) is 11.0 Å². The van der Waals surface area contributed by atoms with E-state index < -0.39 is 15.7 Å². The van der Waals surface area contributed by atoms with Crippen molar-refractivity contribution in [2.45, 2.75) is 24.8 Å². The van der Waals surface area contributed by atoms with Crippen LogP contribution in [0, 0.1) is 5.82 Å². The quantitative estimate of drug-likeness (QED) is 0.632. The second-order valence-corrected chi connectivity index (χ2v) is 9.72. The van der Waals surface area contributed by atoms with Crippen molar-refractivity contribution < 1.29 is 27.1 Å². The monoisotopic (exact) mass is 448 g/mol. The lowest BCUT2D eigenvalue weighted by Gasteiger charge is -2.36. The number of halogens is 1. The number of nitrogens with zero attached hydrogens (tertiary/aromatic N) is 2. The number of ether oxygens (including phenoxy) is 1. The standard InChI is InChI=1S/C22H25FN2O5S/c1-15(2)30-21-7-6-18(31(3,28)29)13-19(21)22(27)25-10-8-24(9-11-25)17-5-4-16(14-26)20(23)12-17/h4-7,12-15H,8-11H2,1-3H3. The molecule has 1 saturated heterocycles. The zero-order chi connectivity index (χ0) is 22.8. The van der Waals surface area contributed by atoms with Crippen molar-refractivity contribution in [3.05, 3.63) is 53.3 Å². The van der Waals surface area contributed by atoms with Crippen LogP contribution in [0.3, 0.4) is 0 Å². The van der Waals surface area contributed by atoms with Gasteiger partial charge in [0.05, 0.1) is 22.1 Å². The molecule has 0 spiro atoms. The van der Waals surface area contributed by atoms with E-state index in [-0.39, 0.29) is 28.0 Å². The number of benzene rings is 2. The fraction of sp³-hybridized carbons (Fsp3) is 0.364. The number of rotatable bonds is 6. The molecular weight excluding hydrogens is 423 g/mol. The molecule has 3 rings (SSSR count). The highest BCUT2D eigenvalue weighted by Crippen LogP contribution is 2.27. The van der Waals surface area contributed by atoms with E-state index in [1.165, 1.54) is 30.3 Å². The van der Waals surface area contributed by atoms with Crippen LogP contribution in [0.5, 0.6) is 5.75 Å². The number of carbonyl (C=O) groups is 2. The van der Waals surface area contributed by atoms with Gasteiger partial charge >= 0.3 is 0 Å². The summed E-state index contributed by atoms with van der Waals surface area (Å²) in [5.74, 6) is -0.566.